The van der Waals surface area contributed by atoms with Crippen molar-refractivity contribution in [3.05, 3.63) is 71.9 Å². The standard InChI is InChI=1S/C18H17NO2/c1-21-18(20)15(11-13-7-3-2-4-8-13)17-12-14-9-5-6-10-16(14)19-17/h2-10,12,15,19H,11H2,1H3. The molecule has 1 unspecified atom stereocenters. The van der Waals surface area contributed by atoms with Gasteiger partial charge in [-0.15, -0.1) is 0 Å². The van der Waals surface area contributed by atoms with Gasteiger partial charge in [0.15, 0.2) is 0 Å². The summed E-state index contributed by atoms with van der Waals surface area (Å²) < 4.78 is 4.98. The minimum absolute atomic E-state index is 0.217. The molecular weight excluding hydrogens is 262 g/mol. The fraction of sp³-hybridized carbons (Fsp3) is 0.167. The summed E-state index contributed by atoms with van der Waals surface area (Å²) in [6.45, 7) is 0. The van der Waals surface area contributed by atoms with Gasteiger partial charge in [-0.05, 0) is 29.5 Å². The SMILES string of the molecule is COC(=O)C(Cc1ccccc1)c1cc2ccccc2[nH]1. The van der Waals surface area contributed by atoms with Crippen molar-refractivity contribution in [1.29, 1.82) is 0 Å². The van der Waals surface area contributed by atoms with Gasteiger partial charge in [-0.2, -0.15) is 0 Å². The van der Waals surface area contributed by atoms with Gasteiger partial charge in [-0.25, -0.2) is 0 Å². The molecule has 1 N–H and O–H groups in total. The Bertz CT molecular complexity index is 713. The van der Waals surface area contributed by atoms with Crippen molar-refractivity contribution >= 4 is 16.9 Å². The Hall–Kier alpha value is -2.55. The van der Waals surface area contributed by atoms with Gasteiger partial charge >= 0.3 is 5.97 Å². The predicted octanol–water partition coefficient (Wildman–Crippen LogP) is 3.67. The smallest absolute Gasteiger partial charge is 0.315 e. The molecule has 0 spiro atoms. The lowest BCUT2D eigenvalue weighted by Gasteiger charge is -2.13. The number of aromatic nitrogens is 1. The molecule has 3 nitrogen and oxygen atoms in total. The highest BCUT2D eigenvalue weighted by Crippen LogP contribution is 2.25. The van der Waals surface area contributed by atoms with Crippen LogP contribution in [0.25, 0.3) is 10.9 Å². The third-order valence-corrected chi connectivity index (χ3v) is 3.69. The predicted molar refractivity (Wildman–Crippen MR) is 83.2 cm³/mol. The Morgan fingerprint density at radius 2 is 1.81 bits per heavy atom. The largest absolute Gasteiger partial charge is 0.468 e. The van der Waals surface area contributed by atoms with Crippen LogP contribution in [0, 0.1) is 0 Å². The van der Waals surface area contributed by atoms with Crippen LogP contribution in [0.1, 0.15) is 17.2 Å². The number of carbonyl (C=O) groups is 1. The molecule has 0 saturated carbocycles. The molecule has 3 heteroatoms. The number of hydrogen-bond acceptors (Lipinski definition) is 2. The van der Waals surface area contributed by atoms with E-state index < -0.39 is 0 Å². The fourth-order valence-corrected chi connectivity index (χ4v) is 2.60. The molecule has 3 aromatic rings. The lowest BCUT2D eigenvalue weighted by atomic mass is 9.96. The number of rotatable bonds is 4. The van der Waals surface area contributed by atoms with Crippen molar-refractivity contribution in [1.82, 2.24) is 4.98 Å². The number of fused-ring (bicyclic) bond motifs is 1. The molecule has 0 fully saturated rings. The number of benzene rings is 2. The van der Waals surface area contributed by atoms with Crippen LogP contribution in [0.3, 0.4) is 0 Å². The van der Waals surface area contributed by atoms with E-state index in [1.165, 1.54) is 7.11 Å². The molecule has 0 saturated heterocycles. The van der Waals surface area contributed by atoms with Gasteiger partial charge in [0, 0.05) is 11.2 Å². The third-order valence-electron chi connectivity index (χ3n) is 3.69. The summed E-state index contributed by atoms with van der Waals surface area (Å²) in [6, 6.07) is 20.0. The van der Waals surface area contributed by atoms with Crippen molar-refractivity contribution in [2.45, 2.75) is 12.3 Å². The second kappa shape index (κ2) is 5.83. The van der Waals surface area contributed by atoms with E-state index in [-0.39, 0.29) is 11.9 Å². The summed E-state index contributed by atoms with van der Waals surface area (Å²) >= 11 is 0. The molecule has 0 bridgehead atoms. The summed E-state index contributed by atoms with van der Waals surface area (Å²) in [6.07, 6.45) is 0.625. The molecule has 106 valence electrons. The van der Waals surface area contributed by atoms with Crippen molar-refractivity contribution in [2.75, 3.05) is 7.11 Å². The molecule has 0 amide bonds. The number of carbonyl (C=O) groups excluding carboxylic acids is 1. The topological polar surface area (TPSA) is 42.1 Å². The van der Waals surface area contributed by atoms with Gasteiger partial charge in [-0.3, -0.25) is 4.79 Å². The van der Waals surface area contributed by atoms with Gasteiger partial charge in [0.25, 0.3) is 0 Å². The number of hydrogen-bond donors (Lipinski definition) is 1. The normalized spacial score (nSPS) is 12.2. The van der Waals surface area contributed by atoms with Gasteiger partial charge < -0.3 is 9.72 Å². The molecule has 0 aliphatic carbocycles. The van der Waals surface area contributed by atoms with E-state index in [1.807, 2.05) is 60.7 Å². The van der Waals surface area contributed by atoms with E-state index in [2.05, 4.69) is 4.98 Å². The first kappa shape index (κ1) is 13.4. The molecule has 0 aliphatic rings. The molecule has 1 aromatic heterocycles. The number of ether oxygens (including phenoxy) is 1. The van der Waals surface area contributed by atoms with Gasteiger partial charge in [0.2, 0.25) is 0 Å². The van der Waals surface area contributed by atoms with Gasteiger partial charge in [0.05, 0.1) is 7.11 Å². The lowest BCUT2D eigenvalue weighted by molar-refractivity contribution is -0.142. The Labute approximate surface area is 123 Å². The van der Waals surface area contributed by atoms with E-state index >= 15 is 0 Å². The summed E-state index contributed by atoms with van der Waals surface area (Å²) in [4.78, 5) is 15.5. The van der Waals surface area contributed by atoms with Crippen LogP contribution in [0.5, 0.6) is 0 Å². The maximum absolute atomic E-state index is 12.2. The minimum Gasteiger partial charge on any atom is -0.468 e. The van der Waals surface area contributed by atoms with Crippen LogP contribution in [0.4, 0.5) is 0 Å². The van der Waals surface area contributed by atoms with Crippen LogP contribution in [-0.2, 0) is 16.0 Å². The average molecular weight is 279 g/mol. The molecule has 2 aromatic carbocycles. The van der Waals surface area contributed by atoms with E-state index in [0.717, 1.165) is 22.2 Å². The summed E-state index contributed by atoms with van der Waals surface area (Å²) in [5.74, 6) is -0.532. The zero-order chi connectivity index (χ0) is 14.7. The van der Waals surface area contributed by atoms with Crippen LogP contribution in [-0.4, -0.2) is 18.1 Å². The first-order chi connectivity index (χ1) is 10.3. The first-order valence-electron chi connectivity index (χ1n) is 6.97. The van der Waals surface area contributed by atoms with E-state index in [1.54, 1.807) is 0 Å². The van der Waals surface area contributed by atoms with Gasteiger partial charge in [0.1, 0.15) is 5.92 Å². The number of esters is 1. The number of methoxy groups -OCH3 is 1. The van der Waals surface area contributed by atoms with Crippen molar-refractivity contribution in [2.24, 2.45) is 0 Å². The zero-order valence-corrected chi connectivity index (χ0v) is 11.9. The summed E-state index contributed by atoms with van der Waals surface area (Å²) in [5.41, 5.74) is 3.05. The third kappa shape index (κ3) is 2.82. The molecular formula is C18H17NO2. The fourth-order valence-electron chi connectivity index (χ4n) is 2.60. The average Bonchev–Trinajstić information content (AvgIpc) is 2.96. The van der Waals surface area contributed by atoms with Crippen molar-refractivity contribution in [3.63, 3.8) is 0 Å². The quantitative estimate of drug-likeness (QED) is 0.740. The second-order valence-corrected chi connectivity index (χ2v) is 5.08. The van der Waals surface area contributed by atoms with Crippen LogP contribution < -0.4 is 0 Å². The Balaban J connectivity index is 1.97. The van der Waals surface area contributed by atoms with Crippen LogP contribution in [0.15, 0.2) is 60.7 Å². The molecule has 0 aliphatic heterocycles. The lowest BCUT2D eigenvalue weighted by Crippen LogP contribution is -2.17. The molecule has 21 heavy (non-hydrogen) atoms. The Morgan fingerprint density at radius 3 is 2.52 bits per heavy atom. The Morgan fingerprint density at radius 1 is 1.10 bits per heavy atom. The molecule has 3 rings (SSSR count). The highest BCUT2D eigenvalue weighted by atomic mass is 16.5. The summed E-state index contributed by atoms with van der Waals surface area (Å²) in [7, 11) is 1.43. The maximum Gasteiger partial charge on any atom is 0.315 e. The highest BCUT2D eigenvalue weighted by molar-refractivity contribution is 5.84. The van der Waals surface area contributed by atoms with Crippen LogP contribution in [0.2, 0.25) is 0 Å². The first-order valence-corrected chi connectivity index (χ1v) is 6.97. The number of nitrogens with one attached hydrogen (secondary N) is 1. The zero-order valence-electron chi connectivity index (χ0n) is 11.9. The second-order valence-electron chi connectivity index (χ2n) is 5.08. The Kier molecular flexibility index (Phi) is 3.73. The summed E-state index contributed by atoms with van der Waals surface area (Å²) in [5, 5.41) is 1.11. The number of para-hydroxylation sites is 1. The van der Waals surface area contributed by atoms with Crippen molar-refractivity contribution in [3.8, 4) is 0 Å². The number of aromatic amines is 1. The molecule has 1 heterocycles. The van der Waals surface area contributed by atoms with Crippen molar-refractivity contribution < 1.29 is 9.53 Å². The van der Waals surface area contributed by atoms with E-state index in [9.17, 15) is 4.79 Å². The van der Waals surface area contributed by atoms with E-state index in [0.29, 0.717) is 6.42 Å². The van der Waals surface area contributed by atoms with Gasteiger partial charge in [-0.1, -0.05) is 48.5 Å². The number of H-pyrrole nitrogens is 1. The maximum atomic E-state index is 12.2. The highest BCUT2D eigenvalue weighted by Gasteiger charge is 2.23. The van der Waals surface area contributed by atoms with E-state index in [4.69, 9.17) is 4.74 Å². The molecule has 1 atom stereocenters. The molecule has 0 radical (unpaired) electrons. The van der Waals surface area contributed by atoms with Crippen LogP contribution >= 0.6 is 0 Å². The monoisotopic (exact) mass is 279 g/mol. The minimum atomic E-state index is -0.315.